The van der Waals surface area contributed by atoms with E-state index in [0.717, 1.165) is 33.9 Å². The molecular formula is C58H38N2. The van der Waals surface area contributed by atoms with E-state index < -0.39 is 0 Å². The Morgan fingerprint density at radius 2 is 0.833 bits per heavy atom. The summed E-state index contributed by atoms with van der Waals surface area (Å²) in [6.45, 7) is 0. The van der Waals surface area contributed by atoms with Crippen LogP contribution in [0.15, 0.2) is 231 Å². The number of hydrogen-bond acceptors (Lipinski definition) is 1. The lowest BCUT2D eigenvalue weighted by molar-refractivity contribution is 1.18. The Morgan fingerprint density at radius 3 is 1.62 bits per heavy atom. The van der Waals surface area contributed by atoms with Crippen molar-refractivity contribution in [1.82, 2.24) is 4.57 Å². The molecule has 0 aliphatic rings. The number of nitrogens with zero attached hydrogens (tertiary/aromatic N) is 2. The zero-order valence-electron chi connectivity index (χ0n) is 32.8. The maximum Gasteiger partial charge on any atom is 0.0547 e. The van der Waals surface area contributed by atoms with E-state index in [-0.39, 0.29) is 0 Å². The standard InChI is InChI=1S/C58H38N2/c1-3-14-39(15-4-1)44-20-13-21-46(36-44)59(47-31-33-51-45(37-47)29-28-43-27-26-41-18-7-9-22-49(41)57(43)51)48-32-35-55(53(38-48)40-16-5-2-6-17-40)60-54-25-12-11-24-52(54)58-50-23-10-8-19-42(50)30-34-56(58)60/h1-38H. The second-order valence-corrected chi connectivity index (χ2v) is 15.7. The van der Waals surface area contributed by atoms with Gasteiger partial charge < -0.3 is 9.47 Å². The minimum absolute atomic E-state index is 1.08. The first kappa shape index (κ1) is 34.1. The number of benzene rings is 11. The summed E-state index contributed by atoms with van der Waals surface area (Å²) in [5.74, 6) is 0. The second-order valence-electron chi connectivity index (χ2n) is 15.7. The molecule has 2 heteroatoms. The van der Waals surface area contributed by atoms with Crippen molar-refractivity contribution < 1.29 is 0 Å². The van der Waals surface area contributed by atoms with Crippen LogP contribution in [0.4, 0.5) is 17.1 Å². The van der Waals surface area contributed by atoms with E-state index in [2.05, 4.69) is 240 Å². The molecule has 0 spiro atoms. The summed E-state index contributed by atoms with van der Waals surface area (Å²) in [5.41, 5.74) is 11.5. The number of fused-ring (bicyclic) bond motifs is 10. The zero-order valence-corrected chi connectivity index (χ0v) is 32.8. The van der Waals surface area contributed by atoms with Crippen LogP contribution in [0.2, 0.25) is 0 Å². The third-order valence-corrected chi connectivity index (χ3v) is 12.3. The van der Waals surface area contributed by atoms with E-state index >= 15 is 0 Å². The topological polar surface area (TPSA) is 8.17 Å². The summed E-state index contributed by atoms with van der Waals surface area (Å²) in [6, 6.07) is 84.4. The van der Waals surface area contributed by atoms with Crippen LogP contribution in [0.3, 0.4) is 0 Å². The molecule has 0 atom stereocenters. The first-order valence-corrected chi connectivity index (χ1v) is 20.7. The van der Waals surface area contributed by atoms with Gasteiger partial charge in [0.25, 0.3) is 0 Å². The smallest absolute Gasteiger partial charge is 0.0547 e. The van der Waals surface area contributed by atoms with Crippen molar-refractivity contribution in [3.63, 3.8) is 0 Å². The van der Waals surface area contributed by atoms with E-state index in [9.17, 15) is 0 Å². The Morgan fingerprint density at radius 1 is 0.283 bits per heavy atom. The molecule has 0 saturated carbocycles. The van der Waals surface area contributed by atoms with Crippen molar-refractivity contribution in [2.75, 3.05) is 4.90 Å². The predicted molar refractivity (Wildman–Crippen MR) is 256 cm³/mol. The predicted octanol–water partition coefficient (Wildman–Crippen LogP) is 16.2. The van der Waals surface area contributed by atoms with Crippen LogP contribution < -0.4 is 4.90 Å². The molecule has 0 N–H and O–H groups in total. The Kier molecular flexibility index (Phi) is 7.89. The van der Waals surface area contributed by atoms with Crippen molar-refractivity contribution >= 4 is 82.0 Å². The highest BCUT2D eigenvalue weighted by Crippen LogP contribution is 2.44. The number of para-hydroxylation sites is 1. The van der Waals surface area contributed by atoms with E-state index in [1.807, 2.05) is 0 Å². The summed E-state index contributed by atoms with van der Waals surface area (Å²) in [7, 11) is 0. The van der Waals surface area contributed by atoms with Gasteiger partial charge in [0.1, 0.15) is 0 Å². The molecule has 0 bridgehead atoms. The fourth-order valence-corrected chi connectivity index (χ4v) is 9.57. The molecule has 0 saturated heterocycles. The van der Waals surface area contributed by atoms with Crippen molar-refractivity contribution in [2.24, 2.45) is 0 Å². The van der Waals surface area contributed by atoms with E-state index in [1.54, 1.807) is 0 Å². The maximum atomic E-state index is 2.47. The van der Waals surface area contributed by atoms with Crippen LogP contribution in [0.5, 0.6) is 0 Å². The van der Waals surface area contributed by atoms with Crippen LogP contribution >= 0.6 is 0 Å². The van der Waals surface area contributed by atoms with Gasteiger partial charge in [-0.25, -0.2) is 0 Å². The van der Waals surface area contributed by atoms with Gasteiger partial charge >= 0.3 is 0 Å². The van der Waals surface area contributed by atoms with Crippen LogP contribution in [0.1, 0.15) is 0 Å². The van der Waals surface area contributed by atoms with Crippen LogP contribution in [-0.2, 0) is 0 Å². The molecule has 60 heavy (non-hydrogen) atoms. The van der Waals surface area contributed by atoms with Gasteiger partial charge in [0.15, 0.2) is 0 Å². The Hall–Kier alpha value is -7.94. The number of rotatable bonds is 6. The quantitative estimate of drug-likeness (QED) is 0.153. The highest BCUT2D eigenvalue weighted by Gasteiger charge is 2.21. The largest absolute Gasteiger partial charge is 0.310 e. The van der Waals surface area contributed by atoms with Gasteiger partial charge in [-0.15, -0.1) is 0 Å². The molecule has 0 radical (unpaired) electrons. The van der Waals surface area contributed by atoms with E-state index in [0.29, 0.717) is 0 Å². The van der Waals surface area contributed by atoms with Gasteiger partial charge in [-0.1, -0.05) is 176 Å². The fraction of sp³-hybridized carbons (Fsp3) is 0. The number of anilines is 3. The highest BCUT2D eigenvalue weighted by atomic mass is 15.1. The maximum absolute atomic E-state index is 2.47. The summed E-state index contributed by atoms with van der Waals surface area (Å²) in [4.78, 5) is 2.43. The average molecular weight is 763 g/mol. The molecule has 1 aromatic heterocycles. The van der Waals surface area contributed by atoms with E-state index in [4.69, 9.17) is 0 Å². The van der Waals surface area contributed by atoms with Crippen LogP contribution in [0.25, 0.3) is 92.8 Å². The Balaban J connectivity index is 1.11. The second kappa shape index (κ2) is 13.9. The molecule has 0 fully saturated rings. The van der Waals surface area contributed by atoms with Crippen LogP contribution in [0, 0.1) is 0 Å². The Bertz CT molecular complexity index is 3600. The van der Waals surface area contributed by atoms with Gasteiger partial charge in [-0.3, -0.25) is 0 Å². The minimum Gasteiger partial charge on any atom is -0.310 e. The number of hydrogen-bond donors (Lipinski definition) is 0. The fourth-order valence-electron chi connectivity index (χ4n) is 9.57. The lowest BCUT2D eigenvalue weighted by Gasteiger charge is -2.28. The molecule has 0 aliphatic heterocycles. The molecule has 2 nitrogen and oxygen atoms in total. The lowest BCUT2D eigenvalue weighted by Crippen LogP contribution is -2.11. The zero-order chi connectivity index (χ0) is 39.6. The first-order valence-electron chi connectivity index (χ1n) is 20.7. The summed E-state index contributed by atoms with van der Waals surface area (Å²) >= 11 is 0. The van der Waals surface area contributed by atoms with Crippen molar-refractivity contribution in [3.05, 3.63) is 231 Å². The SMILES string of the molecule is c1ccc(-c2cccc(N(c3ccc(-n4c5ccccc5c5c6ccccc6ccc54)c(-c4ccccc4)c3)c3ccc4c(ccc5ccc6ccccc6c54)c3)c2)cc1. The average Bonchev–Trinajstić information content (AvgIpc) is 3.67. The summed E-state index contributed by atoms with van der Waals surface area (Å²) in [5, 5.41) is 12.6. The molecule has 12 aromatic rings. The van der Waals surface area contributed by atoms with Crippen molar-refractivity contribution in [2.45, 2.75) is 0 Å². The first-order chi connectivity index (χ1) is 29.8. The number of aromatic nitrogens is 1. The molecule has 0 amide bonds. The van der Waals surface area contributed by atoms with Gasteiger partial charge in [0.2, 0.25) is 0 Å². The van der Waals surface area contributed by atoms with E-state index in [1.165, 1.54) is 76.0 Å². The van der Waals surface area contributed by atoms with Crippen molar-refractivity contribution in [1.29, 1.82) is 0 Å². The van der Waals surface area contributed by atoms with Crippen LogP contribution in [-0.4, -0.2) is 4.57 Å². The third-order valence-electron chi connectivity index (χ3n) is 12.3. The highest BCUT2D eigenvalue weighted by molar-refractivity contribution is 6.22. The minimum atomic E-state index is 1.08. The molecule has 11 aromatic carbocycles. The van der Waals surface area contributed by atoms with Gasteiger partial charge in [-0.05, 0) is 114 Å². The van der Waals surface area contributed by atoms with Gasteiger partial charge in [0.05, 0.1) is 16.7 Å². The van der Waals surface area contributed by atoms with Gasteiger partial charge in [-0.2, -0.15) is 0 Å². The Labute approximate surface area is 348 Å². The van der Waals surface area contributed by atoms with Gasteiger partial charge in [0, 0.05) is 33.4 Å². The summed E-state index contributed by atoms with van der Waals surface area (Å²) < 4.78 is 2.47. The van der Waals surface area contributed by atoms with Crippen molar-refractivity contribution in [3.8, 4) is 27.9 Å². The molecule has 280 valence electrons. The third kappa shape index (κ3) is 5.50. The normalized spacial score (nSPS) is 11.7. The molecule has 1 heterocycles. The molecule has 0 aliphatic carbocycles. The monoisotopic (exact) mass is 762 g/mol. The molecular weight excluding hydrogens is 725 g/mol. The molecule has 0 unspecified atom stereocenters. The summed E-state index contributed by atoms with van der Waals surface area (Å²) in [6.07, 6.45) is 0. The molecule has 12 rings (SSSR count). The lowest BCUT2D eigenvalue weighted by atomic mass is 9.96.